The number of nitrogens with zero attached hydrogens (tertiary/aromatic N) is 5. The highest BCUT2D eigenvalue weighted by atomic mass is 16.5. The van der Waals surface area contributed by atoms with Crippen molar-refractivity contribution < 1.29 is 33.8 Å². The lowest BCUT2D eigenvalue weighted by Crippen LogP contribution is -2.62. The minimum absolute atomic E-state index is 0.0277. The van der Waals surface area contributed by atoms with E-state index in [9.17, 15) is 19.5 Å². The first-order valence-corrected chi connectivity index (χ1v) is 27.0. The van der Waals surface area contributed by atoms with E-state index >= 15 is 9.59 Å². The zero-order chi connectivity index (χ0) is 50.2. The predicted molar refractivity (Wildman–Crippen MR) is 273 cm³/mol. The third-order valence-electron chi connectivity index (χ3n) is 17.2. The minimum Gasteiger partial charge on any atom is -0.508 e. The van der Waals surface area contributed by atoms with Crippen molar-refractivity contribution in [3.63, 3.8) is 0 Å². The van der Waals surface area contributed by atoms with Crippen molar-refractivity contribution in [3.05, 3.63) is 71.5 Å². The van der Waals surface area contributed by atoms with Crippen LogP contribution in [0.1, 0.15) is 122 Å². The molecule has 5 aliphatic heterocycles. The second kappa shape index (κ2) is 18.9. The Kier molecular flexibility index (Phi) is 12.7. The molecule has 2 aliphatic carbocycles. The lowest BCUT2D eigenvalue weighted by Gasteiger charge is -2.37. The number of nitrogens with one attached hydrogen (secondary N) is 3. The number of amides is 4. The third-order valence-corrected chi connectivity index (χ3v) is 17.2. The van der Waals surface area contributed by atoms with Crippen LogP contribution in [0, 0.1) is 22.7 Å². The number of carbonyl (C=O) groups excluding carboxylic acids is 5. The van der Waals surface area contributed by atoms with Crippen molar-refractivity contribution in [1.29, 1.82) is 0 Å². The van der Waals surface area contributed by atoms with Gasteiger partial charge in [-0.3, -0.25) is 39.3 Å². The van der Waals surface area contributed by atoms with Gasteiger partial charge >= 0.3 is 5.97 Å². The number of ether oxygens (including phenoxy) is 1. The number of hydrogen-bond donors (Lipinski definition) is 4. The number of phenolic OH excluding ortho intramolecular Hbond substituents is 1. The largest absolute Gasteiger partial charge is 0.508 e. The van der Waals surface area contributed by atoms with E-state index in [0.717, 1.165) is 83.1 Å². The minimum atomic E-state index is -1.11. The molecule has 6 fully saturated rings. The predicted octanol–water partition coefficient (Wildman–Crippen LogP) is 6.63. The van der Waals surface area contributed by atoms with Gasteiger partial charge in [0.2, 0.25) is 17.7 Å². The van der Waals surface area contributed by atoms with Crippen molar-refractivity contribution >= 4 is 40.5 Å². The number of likely N-dealkylation sites (tertiary alicyclic amines) is 2. The molecule has 0 unspecified atom stereocenters. The number of benzene rings is 2. The number of carbonyl (C=O) groups is 5. The second-order valence-corrected chi connectivity index (χ2v) is 23.3. The van der Waals surface area contributed by atoms with E-state index in [2.05, 4.69) is 79.5 Å². The molecule has 2 aromatic carbocycles. The molecule has 6 atom stereocenters. The first kappa shape index (κ1) is 48.5. The van der Waals surface area contributed by atoms with Gasteiger partial charge in [-0.2, -0.15) is 0 Å². The second-order valence-electron chi connectivity index (χ2n) is 23.3. The van der Waals surface area contributed by atoms with Crippen molar-refractivity contribution in [1.82, 2.24) is 40.4 Å². The van der Waals surface area contributed by atoms with Crippen LogP contribution in [0.25, 0.3) is 33.3 Å². The van der Waals surface area contributed by atoms with E-state index in [-0.39, 0.29) is 60.4 Å². The molecule has 4 amide bonds. The lowest BCUT2D eigenvalue weighted by molar-refractivity contribution is -0.155. The van der Waals surface area contributed by atoms with Crippen LogP contribution in [-0.4, -0.2) is 122 Å². The quantitative estimate of drug-likeness (QED) is 0.105. The van der Waals surface area contributed by atoms with Crippen LogP contribution in [0.3, 0.4) is 0 Å². The van der Waals surface area contributed by atoms with Crippen LogP contribution in [0.2, 0.25) is 0 Å². The van der Waals surface area contributed by atoms with Crippen molar-refractivity contribution in [2.75, 3.05) is 32.8 Å². The maximum atomic E-state index is 15.2. The molecule has 11 rings (SSSR count). The van der Waals surface area contributed by atoms with Gasteiger partial charge in [-0.15, -0.1) is 0 Å². The smallest absolute Gasteiger partial charge is 0.324 e. The highest BCUT2D eigenvalue weighted by molar-refractivity contribution is 5.97. The van der Waals surface area contributed by atoms with Crippen LogP contribution in [-0.2, 0) is 48.1 Å². The number of esters is 1. The zero-order valence-electron chi connectivity index (χ0n) is 42.7. The molecular formula is C57H72N8O7. The molecule has 15 heteroatoms. The van der Waals surface area contributed by atoms with Crippen molar-refractivity contribution in [3.8, 4) is 28.1 Å². The van der Waals surface area contributed by atoms with Crippen LogP contribution in [0.15, 0.2) is 54.7 Å². The SMILES string of the molecule is CCn1c(-c2cccnc2C(C)C)c2c3cc(ccc31)-c1cc(O)cc(c1)C[C@H](NC(=O)[C@H](C1CCCC1)N1CC[C@]3(CCN(C(=O)[C@@H]4N[C@@H]4C4CC4)C3)C1=O)C(=O)N1CCC[C@H](N1)C(=O)OCC(C)(C)C2. The van der Waals surface area contributed by atoms with Gasteiger partial charge in [0.1, 0.15) is 29.9 Å². The summed E-state index contributed by atoms with van der Waals surface area (Å²) >= 11 is 0. The van der Waals surface area contributed by atoms with E-state index in [1.165, 1.54) is 5.01 Å². The molecule has 2 aromatic heterocycles. The van der Waals surface area contributed by atoms with Gasteiger partial charge in [0.15, 0.2) is 0 Å². The molecule has 382 valence electrons. The molecule has 6 bridgehead atoms. The maximum Gasteiger partial charge on any atom is 0.324 e. The lowest BCUT2D eigenvalue weighted by atomic mass is 9.83. The molecule has 72 heavy (non-hydrogen) atoms. The van der Waals surface area contributed by atoms with E-state index < -0.39 is 40.8 Å². The molecule has 4 aromatic rings. The number of hydrazine groups is 1. The summed E-state index contributed by atoms with van der Waals surface area (Å²) in [5.41, 5.74) is 9.57. The highest BCUT2D eigenvalue weighted by Crippen LogP contribution is 2.47. The number of fused-ring (bicyclic) bond motifs is 6. The highest BCUT2D eigenvalue weighted by Gasteiger charge is 2.58. The Morgan fingerprint density at radius 3 is 2.50 bits per heavy atom. The summed E-state index contributed by atoms with van der Waals surface area (Å²) in [4.78, 5) is 81.2. The number of aromatic nitrogens is 2. The molecule has 1 spiro atoms. The average Bonchev–Trinajstić information content (AvgIpc) is 4.20. The van der Waals surface area contributed by atoms with Crippen LogP contribution >= 0.6 is 0 Å². The summed E-state index contributed by atoms with van der Waals surface area (Å²) in [6, 6.07) is 13.3. The van der Waals surface area contributed by atoms with Gasteiger partial charge in [-0.1, -0.05) is 52.7 Å². The fourth-order valence-corrected chi connectivity index (χ4v) is 13.2. The van der Waals surface area contributed by atoms with Crippen LogP contribution in [0.4, 0.5) is 0 Å². The molecule has 7 heterocycles. The molecule has 2 saturated carbocycles. The van der Waals surface area contributed by atoms with E-state index in [4.69, 9.17) is 9.72 Å². The number of phenols is 1. The fourth-order valence-electron chi connectivity index (χ4n) is 13.2. The number of aryl methyl sites for hydroxylation is 1. The average molecular weight is 981 g/mol. The molecule has 7 aliphatic rings. The Morgan fingerprint density at radius 1 is 0.944 bits per heavy atom. The monoisotopic (exact) mass is 981 g/mol. The van der Waals surface area contributed by atoms with Crippen molar-refractivity contribution in [2.45, 2.75) is 154 Å². The van der Waals surface area contributed by atoms with E-state index in [1.54, 1.807) is 17.0 Å². The number of pyridine rings is 1. The summed E-state index contributed by atoms with van der Waals surface area (Å²) in [6.07, 6.45) is 10.4. The number of rotatable bonds is 9. The molecule has 4 saturated heterocycles. The van der Waals surface area contributed by atoms with Crippen molar-refractivity contribution in [2.24, 2.45) is 22.7 Å². The summed E-state index contributed by atoms with van der Waals surface area (Å²) in [6.45, 7) is 13.1. The standard InChI is InChI=1S/C57H72N8O7/c1-6-63-45-18-17-37-29-41(45)42(50(63)40-13-9-21-58-46(40)33(2)3)30-56(4,5)32-72-54(70)43-14-10-22-65(61-43)52(68)44(27-34-25-38(37)28-39(66)26-34)59-51(67)49(36-11-7-8-12-36)64-24-20-57(55(64)71)19-23-62(31-57)53(69)48-47(60-48)35-15-16-35/h9,13,17-18,21,25-26,28-29,33,35-36,43-44,47-49,60-61,66H,6-8,10-12,14-16,19-20,22-24,27,30-32H2,1-5H3,(H,59,67)/t43-,44-,47+,48+,49-,57-/m0/s1. The Morgan fingerprint density at radius 2 is 1.74 bits per heavy atom. The van der Waals surface area contributed by atoms with Gasteiger partial charge < -0.3 is 29.5 Å². The Labute approximate surface area is 422 Å². The molecule has 15 nitrogen and oxygen atoms in total. The first-order chi connectivity index (χ1) is 34.6. The third kappa shape index (κ3) is 9.06. The van der Waals surface area contributed by atoms with Gasteiger partial charge in [0.25, 0.3) is 5.91 Å². The van der Waals surface area contributed by atoms with Gasteiger partial charge in [0, 0.05) is 73.3 Å². The topological polar surface area (TPSA) is 188 Å². The van der Waals surface area contributed by atoms with E-state index in [0.29, 0.717) is 76.3 Å². The molecule has 4 N–H and O–H groups in total. The maximum absolute atomic E-state index is 15.2. The Hall–Kier alpha value is -5.80. The number of aromatic hydroxyl groups is 1. The van der Waals surface area contributed by atoms with E-state index in [1.807, 2.05) is 23.2 Å². The Balaban J connectivity index is 0.941. The summed E-state index contributed by atoms with van der Waals surface area (Å²) < 4.78 is 8.53. The normalized spacial score (nSPS) is 27.2. The van der Waals surface area contributed by atoms with Gasteiger partial charge in [-0.25, -0.2) is 5.43 Å². The van der Waals surface area contributed by atoms with Crippen LogP contribution < -0.4 is 16.1 Å². The van der Waals surface area contributed by atoms with Gasteiger partial charge in [-0.05, 0) is 141 Å². The van der Waals surface area contributed by atoms with Gasteiger partial charge in [0.05, 0.1) is 23.4 Å². The zero-order valence-corrected chi connectivity index (χ0v) is 42.7. The molecule has 0 radical (unpaired) electrons. The van der Waals surface area contributed by atoms with Crippen LogP contribution in [0.5, 0.6) is 5.75 Å². The first-order valence-electron chi connectivity index (χ1n) is 27.0. The number of cyclic esters (lactones) is 1. The Bertz CT molecular complexity index is 2810. The summed E-state index contributed by atoms with van der Waals surface area (Å²) in [7, 11) is 0. The molecular weight excluding hydrogens is 909 g/mol. The number of hydrogen-bond acceptors (Lipinski definition) is 10. The summed E-state index contributed by atoms with van der Waals surface area (Å²) in [5.74, 6) is -0.546. The summed E-state index contributed by atoms with van der Waals surface area (Å²) in [5, 5.41) is 20.6. The fraction of sp³-hybridized carbons (Fsp3) is 0.579.